The van der Waals surface area contributed by atoms with Crippen molar-refractivity contribution in [3.05, 3.63) is 129 Å². The van der Waals surface area contributed by atoms with Gasteiger partial charge in [-0.05, 0) is 138 Å². The molecule has 7 nitrogen and oxygen atoms in total. The predicted molar refractivity (Wildman–Crippen MR) is 158 cm³/mol. The summed E-state index contributed by atoms with van der Waals surface area (Å²) >= 11 is 6.12. The molecule has 4 aromatic rings. The van der Waals surface area contributed by atoms with E-state index in [1.807, 2.05) is 98.2 Å². The van der Waals surface area contributed by atoms with Gasteiger partial charge in [0.2, 0.25) is 0 Å². The quantitative estimate of drug-likeness (QED) is 0.236. The van der Waals surface area contributed by atoms with Gasteiger partial charge < -0.3 is 10.6 Å². The van der Waals surface area contributed by atoms with E-state index in [9.17, 15) is 0 Å². The normalized spacial score (nSPS) is 16.2. The second kappa shape index (κ2) is 13.8. The maximum absolute atomic E-state index is 6.12. The van der Waals surface area contributed by atoms with Gasteiger partial charge in [-0.1, -0.05) is 11.6 Å². The molecule has 2 N–H and O–H groups in total. The van der Waals surface area contributed by atoms with Gasteiger partial charge >= 0.3 is 17.1 Å². The number of nitrogens with one attached hydrogen (secondary N) is 2. The smallest absolute Gasteiger partial charge is 0.375 e. The first-order valence-corrected chi connectivity index (χ1v) is 13.1. The monoisotopic (exact) mass is 591 g/mol. The van der Waals surface area contributed by atoms with E-state index in [0.29, 0.717) is 5.02 Å². The zero-order valence-electron chi connectivity index (χ0n) is 22.4. The summed E-state index contributed by atoms with van der Waals surface area (Å²) in [6.07, 6.45) is 20.0. The van der Waals surface area contributed by atoms with Gasteiger partial charge in [-0.15, -0.1) is 5.10 Å². The van der Waals surface area contributed by atoms with Crippen LogP contribution in [0.2, 0.25) is 5.02 Å². The Morgan fingerprint density at radius 2 is 1.48 bits per heavy atom. The van der Waals surface area contributed by atoms with Crippen molar-refractivity contribution < 1.29 is 17.1 Å². The summed E-state index contributed by atoms with van der Waals surface area (Å²) in [6, 6.07) is 15.7. The zero-order chi connectivity index (χ0) is 27.2. The molecular weight excluding hydrogens is 562 g/mol. The Hall–Kier alpha value is -2.67. The first-order valence-electron chi connectivity index (χ1n) is 12.7. The standard InChI is InChI=1S/C26H25ClN7.C5H5.Fe/c1-26(2,3)34-25(31-32-33-34)24(17-6-4-5-7-17)30-20-11-9-19(10-12-20)29-22-14-15-28-23-16-18(27)8-13-21(22)23;1-2-4-5-3-1;/h4-16,24,30H,1-3H3,(H,28,29);1-5H;/q;;+2. The average Bonchev–Trinajstić information content (AvgIpc) is 3.72. The first kappa shape index (κ1) is 30.3. The number of rotatable bonds is 6. The van der Waals surface area contributed by atoms with E-state index in [4.69, 9.17) is 11.6 Å². The predicted octanol–water partition coefficient (Wildman–Crippen LogP) is 6.95. The number of benzene rings is 2. The minimum Gasteiger partial charge on any atom is -0.375 e. The zero-order valence-corrected chi connectivity index (χ0v) is 24.3. The van der Waals surface area contributed by atoms with Crippen molar-refractivity contribution in [2.75, 3.05) is 10.6 Å². The van der Waals surface area contributed by atoms with Crippen LogP contribution in [0.15, 0.2) is 54.7 Å². The van der Waals surface area contributed by atoms with Crippen LogP contribution < -0.4 is 10.6 Å². The Morgan fingerprint density at radius 1 is 0.825 bits per heavy atom. The van der Waals surface area contributed by atoms with Crippen molar-refractivity contribution in [2.24, 2.45) is 0 Å². The van der Waals surface area contributed by atoms with E-state index < -0.39 is 0 Å². The van der Waals surface area contributed by atoms with Gasteiger partial charge in [0.25, 0.3) is 0 Å². The molecule has 2 saturated carbocycles. The fraction of sp³-hybridized carbons (Fsp3) is 0.161. The third-order valence-electron chi connectivity index (χ3n) is 6.14. The van der Waals surface area contributed by atoms with Crippen LogP contribution in [0.25, 0.3) is 10.9 Å². The number of halogens is 1. The summed E-state index contributed by atoms with van der Waals surface area (Å²) in [5.74, 6) is 1.87. The van der Waals surface area contributed by atoms with Crippen LogP contribution in [0.3, 0.4) is 0 Å². The van der Waals surface area contributed by atoms with Crippen LogP contribution in [0.5, 0.6) is 0 Å². The molecule has 2 fully saturated rings. The third-order valence-corrected chi connectivity index (χ3v) is 6.38. The second-order valence-electron chi connectivity index (χ2n) is 10.1. The number of aromatic nitrogens is 5. The molecule has 2 aromatic carbocycles. The largest absolute Gasteiger partial charge is 2.00 e. The van der Waals surface area contributed by atoms with Crippen LogP contribution in [-0.2, 0) is 22.6 Å². The molecule has 1 atom stereocenters. The number of hydrogen-bond acceptors (Lipinski definition) is 6. The van der Waals surface area contributed by atoms with Gasteiger partial charge in [0.05, 0.1) is 17.1 Å². The molecule has 0 saturated heterocycles. The Labute approximate surface area is 253 Å². The fourth-order valence-corrected chi connectivity index (χ4v) is 4.42. The molecule has 6 rings (SSSR count). The minimum atomic E-state index is -0.239. The average molecular weight is 592 g/mol. The first-order chi connectivity index (χ1) is 18.9. The summed E-state index contributed by atoms with van der Waals surface area (Å²) in [5.41, 5.74) is 3.52. The van der Waals surface area contributed by atoms with Gasteiger partial charge in [-0.2, -0.15) is 0 Å². The van der Waals surface area contributed by atoms with Gasteiger partial charge in [0, 0.05) is 39.6 Å². The summed E-state index contributed by atoms with van der Waals surface area (Å²) in [6.45, 7) is 6.27. The Kier molecular flexibility index (Phi) is 10.4. The van der Waals surface area contributed by atoms with Crippen LogP contribution in [0.1, 0.15) is 32.6 Å². The number of hydrogen-bond donors (Lipinski definition) is 2. The Balaban J connectivity index is 0.000000557. The molecule has 0 aliphatic heterocycles. The van der Waals surface area contributed by atoms with E-state index in [-0.39, 0.29) is 28.6 Å². The molecule has 0 spiro atoms. The van der Waals surface area contributed by atoms with Crippen molar-refractivity contribution in [1.82, 2.24) is 25.2 Å². The molecule has 40 heavy (non-hydrogen) atoms. The molecule has 202 valence electrons. The van der Waals surface area contributed by atoms with Crippen LogP contribution >= 0.6 is 11.6 Å². The summed E-state index contributed by atoms with van der Waals surface area (Å²) in [7, 11) is 0. The molecule has 2 heterocycles. The van der Waals surface area contributed by atoms with Crippen LogP contribution in [-0.4, -0.2) is 25.2 Å². The van der Waals surface area contributed by atoms with Crippen LogP contribution in [0, 0.1) is 63.7 Å². The van der Waals surface area contributed by atoms with Gasteiger partial charge in [0.15, 0.2) is 5.82 Å². The molecular formula is C31H30ClFeN7+2. The molecule has 2 aromatic heterocycles. The number of anilines is 3. The fourth-order valence-electron chi connectivity index (χ4n) is 4.25. The second-order valence-corrected chi connectivity index (χ2v) is 10.5. The molecule has 9 heteroatoms. The molecule has 1 unspecified atom stereocenters. The topological polar surface area (TPSA) is 80.5 Å². The number of fused-ring (bicyclic) bond motifs is 1. The van der Waals surface area contributed by atoms with Crippen molar-refractivity contribution >= 4 is 39.6 Å². The summed E-state index contributed by atoms with van der Waals surface area (Å²) in [5, 5.41) is 21.3. The SMILES string of the molecule is CC(C)(C)n1nnnc1C(Nc1ccc(Nc2ccnc3cc(Cl)ccc23)cc1)[C]1[CH][CH][CH][CH]1.[CH]1[CH][CH][CH][CH]1.[Fe+2]. The Morgan fingerprint density at radius 3 is 2.12 bits per heavy atom. The van der Waals surface area contributed by atoms with Crippen molar-refractivity contribution in [2.45, 2.75) is 32.4 Å². The number of nitrogens with zero attached hydrogens (tertiary/aromatic N) is 5. The number of tetrazole rings is 1. The van der Waals surface area contributed by atoms with E-state index in [1.165, 1.54) is 0 Å². The van der Waals surface area contributed by atoms with Crippen LogP contribution in [0.4, 0.5) is 17.1 Å². The number of pyridine rings is 1. The molecule has 0 amide bonds. The van der Waals surface area contributed by atoms with Crippen molar-refractivity contribution in [1.29, 1.82) is 0 Å². The molecule has 10 radical (unpaired) electrons. The molecule has 2 aliphatic carbocycles. The van der Waals surface area contributed by atoms with E-state index in [2.05, 4.69) is 64.8 Å². The van der Waals surface area contributed by atoms with Gasteiger partial charge in [-0.3, -0.25) is 4.98 Å². The van der Waals surface area contributed by atoms with Crippen molar-refractivity contribution in [3.63, 3.8) is 0 Å². The van der Waals surface area contributed by atoms with Crippen molar-refractivity contribution in [3.8, 4) is 0 Å². The summed E-state index contributed by atoms with van der Waals surface area (Å²) < 4.78 is 1.87. The minimum absolute atomic E-state index is 0. The van der Waals surface area contributed by atoms with E-state index >= 15 is 0 Å². The molecule has 0 bridgehead atoms. The Bertz CT molecular complexity index is 1350. The maximum Gasteiger partial charge on any atom is 2.00 e. The summed E-state index contributed by atoms with van der Waals surface area (Å²) in [4.78, 5) is 4.41. The van der Waals surface area contributed by atoms with E-state index in [1.54, 1.807) is 6.20 Å². The van der Waals surface area contributed by atoms with E-state index in [0.717, 1.165) is 39.7 Å². The third kappa shape index (κ3) is 7.54. The van der Waals surface area contributed by atoms with Gasteiger partial charge in [0.1, 0.15) is 0 Å². The molecule has 2 aliphatic rings. The maximum atomic E-state index is 6.12. The van der Waals surface area contributed by atoms with Gasteiger partial charge in [-0.25, -0.2) is 4.68 Å².